The van der Waals surface area contributed by atoms with Gasteiger partial charge in [-0.3, -0.25) is 0 Å². The number of rotatable bonds is 4. The molecule has 0 saturated carbocycles. The van der Waals surface area contributed by atoms with Gasteiger partial charge in [-0.25, -0.2) is 14.2 Å². The van der Waals surface area contributed by atoms with Crippen molar-refractivity contribution in [2.75, 3.05) is 19.5 Å². The summed E-state index contributed by atoms with van der Waals surface area (Å²) in [4.78, 5) is 15.3. The molecule has 0 bridgehead atoms. The highest BCUT2D eigenvalue weighted by atomic mass is 35.5. The quantitative estimate of drug-likeness (QED) is 0.802. The third kappa shape index (κ3) is 3.63. The Kier molecular flexibility index (Phi) is 5.69. The van der Waals surface area contributed by atoms with Gasteiger partial charge in [-0.05, 0) is 25.1 Å². The zero-order chi connectivity index (χ0) is 17.9. The lowest BCUT2D eigenvalue weighted by atomic mass is 10.1. The lowest BCUT2D eigenvalue weighted by Gasteiger charge is -2.12. The molecule has 0 fully saturated rings. The van der Waals surface area contributed by atoms with E-state index in [-0.39, 0.29) is 45.2 Å². The molecule has 24 heavy (non-hydrogen) atoms. The Morgan fingerprint density at radius 3 is 2.71 bits per heavy atom. The van der Waals surface area contributed by atoms with E-state index in [0.717, 1.165) is 7.11 Å². The van der Waals surface area contributed by atoms with Gasteiger partial charge in [0, 0.05) is 5.56 Å². The molecule has 128 valence electrons. The van der Waals surface area contributed by atoms with Crippen LogP contribution in [0.5, 0.6) is 11.6 Å². The van der Waals surface area contributed by atoms with Crippen molar-refractivity contribution in [3.63, 3.8) is 0 Å². The summed E-state index contributed by atoms with van der Waals surface area (Å²) >= 11 is 11.9. The van der Waals surface area contributed by atoms with Crippen molar-refractivity contribution in [3.8, 4) is 22.9 Å². The van der Waals surface area contributed by atoms with Crippen LogP contribution in [0.25, 0.3) is 11.3 Å². The van der Waals surface area contributed by atoms with Crippen molar-refractivity contribution >= 4 is 35.0 Å². The van der Waals surface area contributed by atoms with Crippen LogP contribution in [0, 0.1) is 5.82 Å². The minimum Gasteiger partial charge on any atom is -0.489 e. The van der Waals surface area contributed by atoms with Crippen LogP contribution in [0.4, 0.5) is 14.9 Å². The Hall–Kier alpha value is -2.25. The summed E-state index contributed by atoms with van der Waals surface area (Å²) in [5.74, 6) is -1.13. The minimum absolute atomic E-state index is 0.0490. The lowest BCUT2D eigenvalue weighted by molar-refractivity contribution is 0.120. The van der Waals surface area contributed by atoms with Gasteiger partial charge < -0.3 is 19.9 Å². The van der Waals surface area contributed by atoms with Crippen LogP contribution in [0.1, 0.15) is 6.92 Å². The van der Waals surface area contributed by atoms with Crippen molar-refractivity contribution < 1.29 is 23.4 Å². The molecule has 6 nitrogen and oxygen atoms in total. The normalized spacial score (nSPS) is 10.4. The van der Waals surface area contributed by atoms with E-state index in [9.17, 15) is 9.18 Å². The SMILES string of the molecule is CCOc1c(Cl)ccc(-c2cc(N)c(Cl)c(OC(=O)OC)n2)c1F. The Morgan fingerprint density at radius 2 is 2.08 bits per heavy atom. The Morgan fingerprint density at radius 1 is 1.38 bits per heavy atom. The van der Waals surface area contributed by atoms with Crippen molar-refractivity contribution in [1.29, 1.82) is 0 Å². The van der Waals surface area contributed by atoms with Gasteiger partial charge >= 0.3 is 6.16 Å². The first-order valence-electron chi connectivity index (χ1n) is 6.72. The van der Waals surface area contributed by atoms with Gasteiger partial charge in [0.05, 0.1) is 30.1 Å². The fraction of sp³-hybridized carbons (Fsp3) is 0.200. The summed E-state index contributed by atoms with van der Waals surface area (Å²) < 4.78 is 29.0. The van der Waals surface area contributed by atoms with Gasteiger partial charge in [-0.1, -0.05) is 23.2 Å². The number of carbonyl (C=O) groups excluding carboxylic acids is 1. The maximum absolute atomic E-state index is 14.6. The largest absolute Gasteiger partial charge is 0.514 e. The number of benzene rings is 1. The molecule has 0 aliphatic carbocycles. The van der Waals surface area contributed by atoms with Crippen LogP contribution in [0.15, 0.2) is 18.2 Å². The van der Waals surface area contributed by atoms with Crippen LogP contribution in [-0.2, 0) is 4.74 Å². The van der Waals surface area contributed by atoms with Crippen LogP contribution in [0.3, 0.4) is 0 Å². The van der Waals surface area contributed by atoms with E-state index in [1.165, 1.54) is 18.2 Å². The number of hydrogen-bond acceptors (Lipinski definition) is 6. The zero-order valence-electron chi connectivity index (χ0n) is 12.7. The van der Waals surface area contributed by atoms with Crippen molar-refractivity contribution in [3.05, 3.63) is 34.1 Å². The second-order valence-electron chi connectivity index (χ2n) is 4.44. The molecule has 2 rings (SSSR count). The summed E-state index contributed by atoms with van der Waals surface area (Å²) in [6, 6.07) is 4.20. The second-order valence-corrected chi connectivity index (χ2v) is 5.23. The van der Waals surface area contributed by atoms with Gasteiger partial charge in [0.1, 0.15) is 5.02 Å². The predicted octanol–water partition coefficient (Wildman–Crippen LogP) is 4.32. The number of ether oxygens (including phenoxy) is 3. The smallest absolute Gasteiger partial charge is 0.489 e. The van der Waals surface area contributed by atoms with Crippen LogP contribution < -0.4 is 15.2 Å². The topological polar surface area (TPSA) is 83.7 Å². The molecule has 0 radical (unpaired) electrons. The monoisotopic (exact) mass is 374 g/mol. The number of hydrogen-bond donors (Lipinski definition) is 1. The van der Waals surface area contributed by atoms with Gasteiger partial charge in [0.15, 0.2) is 11.6 Å². The average molecular weight is 375 g/mol. The van der Waals surface area contributed by atoms with Crippen LogP contribution >= 0.6 is 23.2 Å². The van der Waals surface area contributed by atoms with Crippen molar-refractivity contribution in [2.24, 2.45) is 0 Å². The standard InChI is InChI=1S/C15H13Cl2FN2O4/c1-3-23-13-8(16)5-4-7(12(13)18)10-6-9(19)11(17)14(20-10)24-15(21)22-2/h4-6H,3H2,1-2H3,(H2,19,20). The molecule has 2 aromatic rings. The number of aromatic nitrogens is 1. The maximum atomic E-state index is 14.6. The third-order valence-electron chi connectivity index (χ3n) is 2.92. The van der Waals surface area contributed by atoms with Crippen molar-refractivity contribution in [1.82, 2.24) is 4.98 Å². The number of nitrogens with two attached hydrogens (primary N) is 1. The first-order chi connectivity index (χ1) is 11.4. The lowest BCUT2D eigenvalue weighted by Crippen LogP contribution is -2.10. The van der Waals surface area contributed by atoms with E-state index in [2.05, 4.69) is 9.72 Å². The molecule has 1 aromatic heterocycles. The summed E-state index contributed by atoms with van der Waals surface area (Å²) in [7, 11) is 1.12. The minimum atomic E-state index is -1.03. The number of nitrogens with zero attached hydrogens (tertiary/aromatic N) is 1. The van der Waals surface area contributed by atoms with Gasteiger partial charge in [0.2, 0.25) is 5.88 Å². The molecule has 1 aromatic carbocycles. The zero-order valence-corrected chi connectivity index (χ0v) is 14.2. The fourth-order valence-corrected chi connectivity index (χ4v) is 2.19. The number of nitrogen functional groups attached to an aromatic ring is 1. The third-order valence-corrected chi connectivity index (χ3v) is 3.59. The van der Waals surface area contributed by atoms with E-state index in [1.807, 2.05) is 0 Å². The van der Waals surface area contributed by atoms with Crippen molar-refractivity contribution in [2.45, 2.75) is 6.92 Å². The molecule has 0 atom stereocenters. The Labute approximate surface area is 147 Å². The molecule has 0 saturated heterocycles. The van der Waals surface area contributed by atoms with Crippen LogP contribution in [-0.4, -0.2) is 24.9 Å². The number of halogens is 3. The van der Waals surface area contributed by atoms with E-state index in [1.54, 1.807) is 6.92 Å². The van der Waals surface area contributed by atoms with E-state index in [4.69, 9.17) is 38.4 Å². The second kappa shape index (κ2) is 7.55. The fourth-order valence-electron chi connectivity index (χ4n) is 1.86. The number of methoxy groups -OCH3 is 1. The molecule has 2 N–H and O–H groups in total. The molecule has 0 aliphatic rings. The molecule has 0 unspecified atom stereocenters. The van der Waals surface area contributed by atoms with Gasteiger partial charge in [-0.2, -0.15) is 0 Å². The highest BCUT2D eigenvalue weighted by Gasteiger charge is 2.20. The first kappa shape index (κ1) is 18.1. The van der Waals surface area contributed by atoms with Gasteiger partial charge in [0.25, 0.3) is 0 Å². The molecular weight excluding hydrogens is 362 g/mol. The predicted molar refractivity (Wildman–Crippen MR) is 88.3 cm³/mol. The first-order valence-corrected chi connectivity index (χ1v) is 7.47. The summed E-state index contributed by atoms with van der Waals surface area (Å²) in [5, 5.41) is 0.0228. The molecule has 0 amide bonds. The summed E-state index contributed by atoms with van der Waals surface area (Å²) in [6.45, 7) is 1.93. The van der Waals surface area contributed by atoms with Gasteiger partial charge in [-0.15, -0.1) is 0 Å². The number of pyridine rings is 1. The molecule has 1 heterocycles. The Bertz CT molecular complexity index is 787. The highest BCUT2D eigenvalue weighted by molar-refractivity contribution is 6.34. The highest BCUT2D eigenvalue weighted by Crippen LogP contribution is 2.38. The molecular formula is C15H13Cl2FN2O4. The molecule has 0 spiro atoms. The maximum Gasteiger partial charge on any atom is 0.514 e. The molecule has 0 aliphatic heterocycles. The van der Waals surface area contributed by atoms with E-state index < -0.39 is 12.0 Å². The van der Waals surface area contributed by atoms with E-state index >= 15 is 0 Å². The Balaban J connectivity index is 2.57. The summed E-state index contributed by atoms with van der Waals surface area (Å²) in [5.41, 5.74) is 5.96. The average Bonchev–Trinajstić information content (AvgIpc) is 2.55. The molecule has 9 heteroatoms. The summed E-state index contributed by atoms with van der Waals surface area (Å²) in [6.07, 6.45) is -1.03. The van der Waals surface area contributed by atoms with E-state index in [0.29, 0.717) is 0 Å². The number of carbonyl (C=O) groups is 1. The number of anilines is 1. The van der Waals surface area contributed by atoms with Crippen LogP contribution in [0.2, 0.25) is 10.0 Å².